The molecule has 1 aliphatic rings. The zero-order valence-corrected chi connectivity index (χ0v) is 13.2. The molecule has 116 valence electrons. The largest absolute Gasteiger partial charge is 0.478 e. The Morgan fingerprint density at radius 2 is 2.38 bits per heavy atom. The van der Waals surface area contributed by atoms with Crippen LogP contribution in [0.25, 0.3) is 0 Å². The summed E-state index contributed by atoms with van der Waals surface area (Å²) in [5.74, 6) is -0.888. The highest BCUT2D eigenvalue weighted by atomic mass is 79.9. The van der Waals surface area contributed by atoms with Crippen molar-refractivity contribution in [1.29, 1.82) is 0 Å². The first kappa shape index (κ1) is 16.2. The minimum atomic E-state index is -0.845. The van der Waals surface area contributed by atoms with Gasteiger partial charge in [-0.1, -0.05) is 15.9 Å². The Balaban J connectivity index is 1.92. The first-order valence-electron chi connectivity index (χ1n) is 6.78. The summed E-state index contributed by atoms with van der Waals surface area (Å²) >= 11 is 3.16. The molecule has 3 atom stereocenters. The van der Waals surface area contributed by atoms with Crippen LogP contribution in [0.5, 0.6) is 5.75 Å². The number of halogens is 2. The Labute approximate surface area is 131 Å². The van der Waals surface area contributed by atoms with Crippen molar-refractivity contribution in [3.05, 3.63) is 28.5 Å². The molecule has 3 N–H and O–H groups in total. The van der Waals surface area contributed by atoms with Gasteiger partial charge < -0.3 is 20.5 Å². The predicted molar refractivity (Wildman–Crippen MR) is 79.6 cm³/mol. The highest BCUT2D eigenvalue weighted by molar-refractivity contribution is 9.10. The van der Waals surface area contributed by atoms with Gasteiger partial charge >= 0.3 is 0 Å². The van der Waals surface area contributed by atoms with Gasteiger partial charge in [0.05, 0.1) is 12.1 Å². The van der Waals surface area contributed by atoms with Crippen molar-refractivity contribution in [2.45, 2.75) is 31.6 Å². The Morgan fingerprint density at radius 1 is 1.62 bits per heavy atom. The number of ether oxygens (including phenoxy) is 1. The van der Waals surface area contributed by atoms with Crippen molar-refractivity contribution in [3.8, 4) is 5.75 Å². The molecule has 21 heavy (non-hydrogen) atoms. The normalized spacial score (nSPS) is 23.4. The van der Waals surface area contributed by atoms with E-state index in [4.69, 9.17) is 4.74 Å². The molecule has 1 aliphatic heterocycles. The smallest absolute Gasteiger partial charge is 0.261 e. The van der Waals surface area contributed by atoms with Crippen LogP contribution in [0.4, 0.5) is 4.39 Å². The molecular weight excluding hydrogens is 343 g/mol. The summed E-state index contributed by atoms with van der Waals surface area (Å²) in [5, 5.41) is 15.5. The van der Waals surface area contributed by atoms with Crippen molar-refractivity contribution in [1.82, 2.24) is 10.6 Å². The second-order valence-corrected chi connectivity index (χ2v) is 5.93. The molecule has 5 nitrogen and oxygen atoms in total. The second kappa shape index (κ2) is 7.20. The molecule has 0 aromatic heterocycles. The number of rotatable bonds is 4. The number of aliphatic hydroxyl groups excluding tert-OH is 1. The third-order valence-corrected chi connectivity index (χ3v) is 3.84. The molecular formula is C14H18BrFN2O3. The van der Waals surface area contributed by atoms with E-state index in [9.17, 15) is 14.3 Å². The van der Waals surface area contributed by atoms with Crippen LogP contribution in [-0.4, -0.2) is 42.4 Å². The Morgan fingerprint density at radius 3 is 3.05 bits per heavy atom. The van der Waals surface area contributed by atoms with Crippen molar-refractivity contribution in [2.75, 3.05) is 13.1 Å². The van der Waals surface area contributed by atoms with Crippen molar-refractivity contribution in [3.63, 3.8) is 0 Å². The van der Waals surface area contributed by atoms with Gasteiger partial charge in [-0.05, 0) is 38.1 Å². The quantitative estimate of drug-likeness (QED) is 0.754. The summed E-state index contributed by atoms with van der Waals surface area (Å²) in [7, 11) is 0. The number of hydrogen-bond acceptors (Lipinski definition) is 4. The van der Waals surface area contributed by atoms with Crippen LogP contribution in [0.3, 0.4) is 0 Å². The van der Waals surface area contributed by atoms with Crippen LogP contribution in [0.15, 0.2) is 22.7 Å². The standard InChI is InChI=1S/C14H18BrFN2O3/c1-8(21-13-3-2-9(15)6-10(13)16)14(20)18-11-4-5-17-7-12(11)19/h2-3,6,8,11-12,17,19H,4-5,7H2,1H3,(H,18,20). The number of amides is 1. The Bertz CT molecular complexity index is 515. The lowest BCUT2D eigenvalue weighted by molar-refractivity contribution is -0.129. The molecule has 1 aromatic rings. The van der Waals surface area contributed by atoms with E-state index in [0.29, 0.717) is 17.4 Å². The van der Waals surface area contributed by atoms with E-state index in [1.54, 1.807) is 13.0 Å². The number of carbonyl (C=O) groups excluding carboxylic acids is 1. The lowest BCUT2D eigenvalue weighted by Gasteiger charge is -2.30. The highest BCUT2D eigenvalue weighted by Gasteiger charge is 2.27. The molecule has 0 aliphatic carbocycles. The Kier molecular flexibility index (Phi) is 5.55. The maximum atomic E-state index is 13.7. The maximum absolute atomic E-state index is 13.7. The van der Waals surface area contributed by atoms with E-state index in [0.717, 1.165) is 6.54 Å². The minimum Gasteiger partial charge on any atom is -0.478 e. The van der Waals surface area contributed by atoms with Crippen LogP contribution in [0, 0.1) is 5.82 Å². The molecule has 1 heterocycles. The van der Waals surface area contributed by atoms with Gasteiger partial charge in [-0.3, -0.25) is 4.79 Å². The first-order valence-corrected chi connectivity index (χ1v) is 7.57. The van der Waals surface area contributed by atoms with Crippen molar-refractivity contribution < 1.29 is 19.0 Å². The second-order valence-electron chi connectivity index (χ2n) is 5.01. The molecule has 0 bridgehead atoms. The van der Waals surface area contributed by atoms with Crippen LogP contribution in [0.2, 0.25) is 0 Å². The Hall–Kier alpha value is -1.18. The molecule has 1 saturated heterocycles. The zero-order chi connectivity index (χ0) is 15.4. The van der Waals surface area contributed by atoms with E-state index in [1.165, 1.54) is 12.1 Å². The van der Waals surface area contributed by atoms with Gasteiger partial charge in [0.1, 0.15) is 0 Å². The molecule has 1 fully saturated rings. The van der Waals surface area contributed by atoms with Gasteiger partial charge in [-0.2, -0.15) is 0 Å². The summed E-state index contributed by atoms with van der Waals surface area (Å²) in [6.07, 6.45) is -0.825. The van der Waals surface area contributed by atoms with E-state index in [2.05, 4.69) is 26.6 Å². The number of piperidine rings is 1. The predicted octanol–water partition coefficient (Wildman–Crippen LogP) is 1.19. The fraction of sp³-hybridized carbons (Fsp3) is 0.500. The van der Waals surface area contributed by atoms with Gasteiger partial charge in [-0.25, -0.2) is 4.39 Å². The summed E-state index contributed by atoms with van der Waals surface area (Å²) in [6.45, 7) is 2.73. The van der Waals surface area contributed by atoms with E-state index in [-0.39, 0.29) is 17.7 Å². The SMILES string of the molecule is CC(Oc1ccc(Br)cc1F)C(=O)NC1CCNCC1O. The highest BCUT2D eigenvalue weighted by Crippen LogP contribution is 2.22. The van der Waals surface area contributed by atoms with Crippen LogP contribution >= 0.6 is 15.9 Å². The van der Waals surface area contributed by atoms with E-state index in [1.807, 2.05) is 0 Å². The number of aliphatic hydroxyl groups is 1. The number of benzene rings is 1. The van der Waals surface area contributed by atoms with Crippen LogP contribution in [-0.2, 0) is 4.79 Å². The molecule has 1 amide bonds. The third-order valence-electron chi connectivity index (χ3n) is 3.34. The molecule has 2 rings (SSSR count). The lowest BCUT2D eigenvalue weighted by Crippen LogP contribution is -2.54. The fourth-order valence-electron chi connectivity index (χ4n) is 2.13. The molecule has 0 radical (unpaired) electrons. The van der Waals surface area contributed by atoms with E-state index < -0.39 is 18.0 Å². The van der Waals surface area contributed by atoms with Gasteiger partial charge in [0, 0.05) is 11.0 Å². The van der Waals surface area contributed by atoms with Crippen LogP contribution < -0.4 is 15.4 Å². The lowest BCUT2D eigenvalue weighted by atomic mass is 10.0. The van der Waals surface area contributed by atoms with Gasteiger partial charge in [0.2, 0.25) is 0 Å². The van der Waals surface area contributed by atoms with Gasteiger partial charge in [-0.15, -0.1) is 0 Å². The molecule has 0 spiro atoms. The van der Waals surface area contributed by atoms with Gasteiger partial charge in [0.15, 0.2) is 17.7 Å². The van der Waals surface area contributed by atoms with Gasteiger partial charge in [0.25, 0.3) is 5.91 Å². The third kappa shape index (κ3) is 4.39. The molecule has 0 saturated carbocycles. The summed E-state index contributed by atoms with van der Waals surface area (Å²) in [4.78, 5) is 12.0. The van der Waals surface area contributed by atoms with Crippen molar-refractivity contribution in [2.24, 2.45) is 0 Å². The number of nitrogens with one attached hydrogen (secondary N) is 2. The zero-order valence-electron chi connectivity index (χ0n) is 11.6. The van der Waals surface area contributed by atoms with Crippen molar-refractivity contribution >= 4 is 21.8 Å². The average molecular weight is 361 g/mol. The number of hydrogen-bond donors (Lipinski definition) is 3. The fourth-order valence-corrected chi connectivity index (χ4v) is 2.46. The maximum Gasteiger partial charge on any atom is 0.261 e. The van der Waals surface area contributed by atoms with Crippen LogP contribution in [0.1, 0.15) is 13.3 Å². The summed E-state index contributed by atoms with van der Waals surface area (Å²) < 4.78 is 19.6. The molecule has 3 unspecified atom stereocenters. The summed E-state index contributed by atoms with van der Waals surface area (Å²) in [5.41, 5.74) is 0. The number of carbonyl (C=O) groups is 1. The molecule has 1 aromatic carbocycles. The first-order chi connectivity index (χ1) is 9.97. The van der Waals surface area contributed by atoms with E-state index >= 15 is 0 Å². The topological polar surface area (TPSA) is 70.6 Å². The monoisotopic (exact) mass is 360 g/mol. The summed E-state index contributed by atoms with van der Waals surface area (Å²) in [6, 6.07) is 4.07. The molecule has 7 heteroatoms. The number of β-amino-alcohol motifs (C(OH)–C–C–N with tert-alkyl or cyclic N) is 1. The minimum absolute atomic E-state index is 0.0201. The average Bonchev–Trinajstić information content (AvgIpc) is 2.44.